The Morgan fingerprint density at radius 2 is 2.18 bits per heavy atom. The highest BCUT2D eigenvalue weighted by molar-refractivity contribution is 6.33. The Morgan fingerprint density at radius 1 is 1.53 bits per heavy atom. The number of ketones is 1. The highest BCUT2D eigenvalue weighted by Gasteiger charge is 2.19. The lowest BCUT2D eigenvalue weighted by atomic mass is 10.3. The van der Waals surface area contributed by atoms with Crippen molar-refractivity contribution in [2.75, 3.05) is 12.3 Å². The quantitative estimate of drug-likeness (QED) is 0.373. The molecule has 0 unspecified atom stereocenters. The zero-order valence-electron chi connectivity index (χ0n) is 9.15. The molecular weight excluding hydrogens is 311 g/mol. The zero-order valence-corrected chi connectivity index (χ0v) is 11.5. The second-order valence-electron chi connectivity index (χ2n) is 3.04. The number of carbonyl (C=O) groups is 2. The second-order valence-corrected chi connectivity index (χ2v) is 3.48. The van der Waals surface area contributed by atoms with Crippen molar-refractivity contribution < 1.29 is 35.9 Å². The Morgan fingerprint density at radius 3 is 2.71 bits per heavy atom. The van der Waals surface area contributed by atoms with Gasteiger partial charge in [0.25, 0.3) is 11.6 Å². The number of halogens is 2. The number of nitrogen functional groups attached to an aromatic ring is 1. The van der Waals surface area contributed by atoms with Crippen LogP contribution >= 0.6 is 11.6 Å². The molecule has 0 aliphatic heterocycles. The summed E-state index contributed by atoms with van der Waals surface area (Å²) in [5, 5.41) is 0.470. The van der Waals surface area contributed by atoms with Crippen LogP contribution in [-0.4, -0.2) is 18.4 Å². The lowest BCUT2D eigenvalue weighted by Gasteiger charge is -2.02. The van der Waals surface area contributed by atoms with Gasteiger partial charge in [-0.15, -0.1) is 0 Å². The first-order valence-electron chi connectivity index (χ1n) is 4.69. The van der Waals surface area contributed by atoms with Crippen LogP contribution in [0.1, 0.15) is 6.92 Å². The van der Waals surface area contributed by atoms with Crippen LogP contribution in [0.25, 0.3) is 0 Å². The van der Waals surface area contributed by atoms with Gasteiger partial charge in [0.15, 0.2) is 6.54 Å². The van der Waals surface area contributed by atoms with Crippen molar-refractivity contribution >= 4 is 29.2 Å². The third-order valence-electron chi connectivity index (χ3n) is 1.85. The number of hydrogen-bond acceptors (Lipinski definition) is 4. The summed E-state index contributed by atoms with van der Waals surface area (Å²) in [6.07, 6.45) is 1.54. The first-order valence-corrected chi connectivity index (χ1v) is 5.06. The van der Waals surface area contributed by atoms with Crippen LogP contribution in [-0.2, 0) is 20.9 Å². The molecule has 0 fully saturated rings. The average Bonchev–Trinajstić information content (AvgIpc) is 2.22. The van der Waals surface area contributed by atoms with Crippen LogP contribution in [0.15, 0.2) is 18.3 Å². The number of anilines is 1. The molecule has 1 rings (SSSR count). The van der Waals surface area contributed by atoms with E-state index in [1.54, 1.807) is 13.0 Å². The molecular formula is C10H12BrClN2O3. The van der Waals surface area contributed by atoms with Gasteiger partial charge in [-0.3, -0.25) is 10.5 Å². The lowest BCUT2D eigenvalue weighted by Crippen LogP contribution is -3.00. The highest BCUT2D eigenvalue weighted by atomic mass is 79.9. The lowest BCUT2D eigenvalue weighted by molar-refractivity contribution is -0.669. The predicted octanol–water partition coefficient (Wildman–Crippen LogP) is -2.65. The number of nitrogens with zero attached hydrogens (tertiary/aromatic N) is 1. The second kappa shape index (κ2) is 7.24. The molecule has 17 heavy (non-hydrogen) atoms. The van der Waals surface area contributed by atoms with Crippen molar-refractivity contribution in [3.8, 4) is 0 Å². The minimum absolute atomic E-state index is 0. The molecule has 0 aliphatic rings. The predicted molar refractivity (Wildman–Crippen MR) is 57.7 cm³/mol. The van der Waals surface area contributed by atoms with Gasteiger partial charge in [0.2, 0.25) is 0 Å². The SMILES string of the molecule is CCOC(=O)C(=O)C[n+]1ccc(Cl)cc1N.[Br-]. The van der Waals surface area contributed by atoms with E-state index < -0.39 is 11.8 Å². The van der Waals surface area contributed by atoms with Gasteiger partial charge >= 0.3 is 5.97 Å². The van der Waals surface area contributed by atoms with E-state index in [9.17, 15) is 9.59 Å². The average molecular weight is 324 g/mol. The largest absolute Gasteiger partial charge is 1.00 e. The van der Waals surface area contributed by atoms with Crippen molar-refractivity contribution in [1.29, 1.82) is 0 Å². The van der Waals surface area contributed by atoms with Gasteiger partial charge in [0, 0.05) is 6.07 Å². The van der Waals surface area contributed by atoms with Crippen LogP contribution in [0.2, 0.25) is 5.02 Å². The van der Waals surface area contributed by atoms with E-state index in [1.165, 1.54) is 16.8 Å². The van der Waals surface area contributed by atoms with E-state index >= 15 is 0 Å². The molecule has 1 aromatic rings. The first kappa shape index (κ1) is 15.9. The van der Waals surface area contributed by atoms with Crippen molar-refractivity contribution in [2.24, 2.45) is 0 Å². The first-order chi connectivity index (χ1) is 7.54. The zero-order chi connectivity index (χ0) is 12.1. The Bertz CT molecular complexity index is 426. The van der Waals surface area contributed by atoms with Crippen molar-refractivity contribution in [1.82, 2.24) is 0 Å². The molecule has 0 bridgehead atoms. The van der Waals surface area contributed by atoms with Crippen molar-refractivity contribution in [3.63, 3.8) is 0 Å². The molecule has 5 nitrogen and oxygen atoms in total. The van der Waals surface area contributed by atoms with Crippen LogP contribution in [0.5, 0.6) is 0 Å². The van der Waals surface area contributed by atoms with Gasteiger partial charge in [-0.05, 0) is 13.0 Å². The Kier molecular flexibility index (Phi) is 6.75. The van der Waals surface area contributed by atoms with E-state index in [-0.39, 0.29) is 30.1 Å². The fourth-order valence-electron chi connectivity index (χ4n) is 1.09. The normalized spacial score (nSPS) is 9.29. The van der Waals surface area contributed by atoms with Crippen LogP contribution in [0.4, 0.5) is 5.82 Å². The van der Waals surface area contributed by atoms with Crippen molar-refractivity contribution in [3.05, 3.63) is 23.4 Å². The summed E-state index contributed by atoms with van der Waals surface area (Å²) in [4.78, 5) is 22.4. The molecule has 0 saturated carbocycles. The van der Waals surface area contributed by atoms with Gasteiger partial charge in [0.1, 0.15) is 0 Å². The summed E-state index contributed by atoms with van der Waals surface area (Å²) >= 11 is 5.70. The smallest absolute Gasteiger partial charge is 0.378 e. The van der Waals surface area contributed by atoms with Crippen LogP contribution < -0.4 is 27.3 Å². The molecule has 0 aromatic carbocycles. The summed E-state index contributed by atoms with van der Waals surface area (Å²) < 4.78 is 5.99. The molecule has 0 atom stereocenters. The summed E-state index contributed by atoms with van der Waals surface area (Å²) in [5.41, 5.74) is 5.62. The monoisotopic (exact) mass is 322 g/mol. The molecule has 0 spiro atoms. The van der Waals surface area contributed by atoms with E-state index in [4.69, 9.17) is 17.3 Å². The van der Waals surface area contributed by atoms with Gasteiger partial charge in [-0.25, -0.2) is 9.36 Å². The van der Waals surface area contributed by atoms with E-state index in [1.807, 2.05) is 0 Å². The van der Waals surface area contributed by atoms with E-state index in [2.05, 4.69) is 4.74 Å². The number of ether oxygens (including phenoxy) is 1. The molecule has 1 aromatic heterocycles. The molecule has 2 N–H and O–H groups in total. The highest BCUT2D eigenvalue weighted by Crippen LogP contribution is 2.07. The molecule has 0 radical (unpaired) electrons. The molecule has 0 aliphatic carbocycles. The molecule has 0 amide bonds. The summed E-state index contributed by atoms with van der Waals surface area (Å²) in [7, 11) is 0. The molecule has 7 heteroatoms. The van der Waals surface area contributed by atoms with Gasteiger partial charge in [-0.2, -0.15) is 0 Å². The van der Waals surface area contributed by atoms with Gasteiger partial charge < -0.3 is 21.7 Å². The number of carbonyl (C=O) groups excluding carboxylic acids is 2. The molecule has 1 heterocycles. The number of hydrogen-bond donors (Lipinski definition) is 1. The topological polar surface area (TPSA) is 73.3 Å². The number of esters is 1. The summed E-state index contributed by atoms with van der Waals surface area (Å²) in [6.45, 7) is 1.65. The van der Waals surface area contributed by atoms with Gasteiger partial charge in [0.05, 0.1) is 17.8 Å². The summed E-state index contributed by atoms with van der Waals surface area (Å²) in [5.74, 6) is -1.20. The van der Waals surface area contributed by atoms with Crippen LogP contribution in [0.3, 0.4) is 0 Å². The van der Waals surface area contributed by atoms with Crippen LogP contribution in [0, 0.1) is 0 Å². The molecule has 94 valence electrons. The minimum atomic E-state index is -0.857. The summed E-state index contributed by atoms with van der Waals surface area (Å²) in [6, 6.07) is 3.08. The third kappa shape index (κ3) is 4.70. The maximum absolute atomic E-state index is 11.4. The standard InChI is InChI=1S/C10H11ClN2O3.BrH/c1-2-16-10(15)8(14)6-13-4-3-7(11)5-9(13)12;/h3-5,12H,2,6H2,1H3;1H. The van der Waals surface area contributed by atoms with E-state index in [0.717, 1.165) is 0 Å². The Balaban J connectivity index is 0.00000256. The number of pyridine rings is 1. The Hall–Kier alpha value is -1.14. The number of aromatic nitrogens is 1. The fraction of sp³-hybridized carbons (Fsp3) is 0.300. The maximum Gasteiger partial charge on any atom is 0.378 e. The van der Waals surface area contributed by atoms with Crippen molar-refractivity contribution in [2.45, 2.75) is 13.5 Å². The fourth-order valence-corrected chi connectivity index (χ4v) is 1.26. The van der Waals surface area contributed by atoms with Gasteiger partial charge in [-0.1, -0.05) is 11.6 Å². The third-order valence-corrected chi connectivity index (χ3v) is 2.08. The maximum atomic E-state index is 11.4. The number of nitrogens with two attached hydrogens (primary N) is 1. The Labute approximate surface area is 114 Å². The van der Waals surface area contributed by atoms with E-state index in [0.29, 0.717) is 10.8 Å². The number of rotatable bonds is 4. The minimum Gasteiger partial charge on any atom is -1.00 e. The number of Topliss-reactive ketones (excluding diaryl/α,β-unsaturated/α-hetero) is 1. The molecule has 0 saturated heterocycles.